The lowest BCUT2D eigenvalue weighted by atomic mass is 10.1. The van der Waals surface area contributed by atoms with Gasteiger partial charge in [0.2, 0.25) is 8.53 Å². The molecule has 0 bridgehead atoms. The van der Waals surface area contributed by atoms with Gasteiger partial charge in [0.15, 0.2) is 0 Å². The molecule has 1 aliphatic carbocycles. The normalized spacial score (nSPS) is 26.3. The number of hydrogen-bond acceptors (Lipinski definition) is 3. The molecule has 0 saturated carbocycles. The highest BCUT2D eigenvalue weighted by molar-refractivity contribution is 7.43. The minimum absolute atomic E-state index is 0.112. The van der Waals surface area contributed by atoms with Crippen LogP contribution in [0.5, 0.6) is 0 Å². The van der Waals surface area contributed by atoms with Gasteiger partial charge in [-0.05, 0) is 19.3 Å². The highest BCUT2D eigenvalue weighted by Gasteiger charge is 2.12. The van der Waals surface area contributed by atoms with Gasteiger partial charge >= 0.3 is 0 Å². The molecule has 0 amide bonds. The molecule has 2 unspecified atom stereocenters. The van der Waals surface area contributed by atoms with Gasteiger partial charge in [0.1, 0.15) is 0 Å². The maximum atomic E-state index is 8.85. The van der Waals surface area contributed by atoms with Crippen molar-refractivity contribution in [1.29, 1.82) is 0 Å². The second-order valence-corrected chi connectivity index (χ2v) is 3.63. The fourth-order valence-electron chi connectivity index (χ4n) is 1.23. The Morgan fingerprint density at radius 2 is 2.08 bits per heavy atom. The largest absolute Gasteiger partial charge is 0.338 e. The SMILES string of the molecule is NP(O)OC1CCC#CCCC1. The molecular formula is C8H14NO2P. The van der Waals surface area contributed by atoms with Crippen LogP contribution in [0.4, 0.5) is 0 Å². The zero-order valence-electron chi connectivity index (χ0n) is 6.99. The third kappa shape index (κ3) is 4.04. The van der Waals surface area contributed by atoms with Gasteiger partial charge in [0.05, 0.1) is 6.10 Å². The fraction of sp³-hybridized carbons (Fsp3) is 0.750. The van der Waals surface area contributed by atoms with Crippen LogP contribution in [0.25, 0.3) is 0 Å². The lowest BCUT2D eigenvalue weighted by molar-refractivity contribution is 0.180. The molecule has 1 aliphatic rings. The van der Waals surface area contributed by atoms with Gasteiger partial charge in [-0.25, -0.2) is 0 Å². The van der Waals surface area contributed by atoms with Gasteiger partial charge in [0.25, 0.3) is 0 Å². The molecular weight excluding hydrogens is 173 g/mol. The van der Waals surface area contributed by atoms with Gasteiger partial charge in [0, 0.05) is 12.8 Å². The van der Waals surface area contributed by atoms with Crippen molar-refractivity contribution in [2.24, 2.45) is 5.50 Å². The first-order valence-corrected chi connectivity index (χ1v) is 5.43. The van der Waals surface area contributed by atoms with Gasteiger partial charge < -0.3 is 9.42 Å². The Morgan fingerprint density at radius 3 is 2.83 bits per heavy atom. The molecule has 4 heteroatoms. The summed E-state index contributed by atoms with van der Waals surface area (Å²) in [6.07, 6.45) is 4.80. The maximum absolute atomic E-state index is 8.85. The summed E-state index contributed by atoms with van der Waals surface area (Å²) in [5, 5.41) is 0. The van der Waals surface area contributed by atoms with Crippen molar-refractivity contribution in [1.82, 2.24) is 0 Å². The molecule has 0 aromatic rings. The van der Waals surface area contributed by atoms with Crippen molar-refractivity contribution in [2.75, 3.05) is 0 Å². The smallest absolute Gasteiger partial charge is 0.250 e. The summed E-state index contributed by atoms with van der Waals surface area (Å²) < 4.78 is 5.16. The second-order valence-electron chi connectivity index (χ2n) is 2.81. The molecule has 0 aliphatic heterocycles. The van der Waals surface area contributed by atoms with Gasteiger partial charge in [-0.2, -0.15) is 0 Å². The minimum Gasteiger partial charge on any atom is -0.338 e. The molecule has 0 aromatic heterocycles. The zero-order chi connectivity index (χ0) is 8.81. The summed E-state index contributed by atoms with van der Waals surface area (Å²) in [5.74, 6) is 6.11. The van der Waals surface area contributed by atoms with Crippen LogP contribution in [-0.2, 0) is 4.52 Å². The third-order valence-electron chi connectivity index (χ3n) is 1.80. The predicted octanol–water partition coefficient (Wildman–Crippen LogP) is 1.52. The molecule has 1 rings (SSSR count). The van der Waals surface area contributed by atoms with Crippen LogP contribution in [0, 0.1) is 11.8 Å². The first-order valence-electron chi connectivity index (χ1n) is 4.15. The van der Waals surface area contributed by atoms with Crippen LogP contribution in [0.1, 0.15) is 32.1 Å². The highest BCUT2D eigenvalue weighted by Crippen LogP contribution is 2.27. The average molecular weight is 187 g/mol. The van der Waals surface area contributed by atoms with Crippen LogP contribution >= 0.6 is 8.53 Å². The summed E-state index contributed by atoms with van der Waals surface area (Å²) >= 11 is 0. The number of hydrogen-bond donors (Lipinski definition) is 2. The van der Waals surface area contributed by atoms with E-state index < -0.39 is 8.53 Å². The fourth-order valence-corrected chi connectivity index (χ4v) is 1.75. The van der Waals surface area contributed by atoms with E-state index in [0.29, 0.717) is 0 Å². The van der Waals surface area contributed by atoms with Crippen molar-refractivity contribution in [3.63, 3.8) is 0 Å². The van der Waals surface area contributed by atoms with Crippen molar-refractivity contribution in [3.8, 4) is 11.8 Å². The van der Waals surface area contributed by atoms with Gasteiger partial charge in [-0.3, -0.25) is 5.50 Å². The predicted molar refractivity (Wildman–Crippen MR) is 49.1 cm³/mol. The Balaban J connectivity index is 2.30. The molecule has 0 heterocycles. The highest BCUT2D eigenvalue weighted by atomic mass is 31.2. The molecule has 12 heavy (non-hydrogen) atoms. The van der Waals surface area contributed by atoms with E-state index in [4.69, 9.17) is 14.9 Å². The lowest BCUT2D eigenvalue weighted by Crippen LogP contribution is -2.12. The van der Waals surface area contributed by atoms with Gasteiger partial charge in [-0.15, -0.1) is 11.8 Å². The van der Waals surface area contributed by atoms with Crippen LogP contribution in [0.3, 0.4) is 0 Å². The summed E-state index contributed by atoms with van der Waals surface area (Å²) in [6, 6.07) is 0. The Kier molecular flexibility index (Phi) is 4.57. The summed E-state index contributed by atoms with van der Waals surface area (Å²) in [7, 11) is -1.69. The van der Waals surface area contributed by atoms with Crippen LogP contribution in [-0.4, -0.2) is 11.0 Å². The van der Waals surface area contributed by atoms with Crippen molar-refractivity contribution in [2.45, 2.75) is 38.2 Å². The molecule has 3 N–H and O–H groups in total. The van der Waals surface area contributed by atoms with E-state index in [1.54, 1.807) is 0 Å². The molecule has 0 spiro atoms. The summed E-state index contributed by atoms with van der Waals surface area (Å²) in [5.41, 5.74) is 5.18. The maximum Gasteiger partial charge on any atom is 0.250 e. The topological polar surface area (TPSA) is 55.5 Å². The van der Waals surface area contributed by atoms with Crippen molar-refractivity contribution >= 4 is 8.53 Å². The Hall–Kier alpha value is -0.130. The molecule has 3 nitrogen and oxygen atoms in total. The number of nitrogens with two attached hydrogens (primary N) is 1. The molecule has 0 fully saturated rings. The van der Waals surface area contributed by atoms with Crippen LogP contribution in [0.15, 0.2) is 0 Å². The number of rotatable bonds is 2. The van der Waals surface area contributed by atoms with Crippen molar-refractivity contribution < 1.29 is 9.42 Å². The van der Waals surface area contributed by atoms with E-state index in [2.05, 4.69) is 11.8 Å². The molecule has 68 valence electrons. The lowest BCUT2D eigenvalue weighted by Gasteiger charge is -2.17. The van der Waals surface area contributed by atoms with Crippen LogP contribution in [0.2, 0.25) is 0 Å². The van der Waals surface area contributed by atoms with E-state index in [9.17, 15) is 0 Å². The van der Waals surface area contributed by atoms with Crippen molar-refractivity contribution in [3.05, 3.63) is 0 Å². The summed E-state index contributed by atoms with van der Waals surface area (Å²) in [4.78, 5) is 8.85. The van der Waals surface area contributed by atoms with E-state index >= 15 is 0 Å². The van der Waals surface area contributed by atoms with Gasteiger partial charge in [-0.1, -0.05) is 0 Å². The van der Waals surface area contributed by atoms with E-state index in [1.807, 2.05) is 0 Å². The quantitative estimate of drug-likeness (QED) is 0.509. The minimum atomic E-state index is -1.69. The first-order chi connectivity index (χ1) is 5.79. The first kappa shape index (κ1) is 9.95. The van der Waals surface area contributed by atoms with E-state index in [-0.39, 0.29) is 6.10 Å². The third-order valence-corrected chi connectivity index (χ3v) is 2.32. The van der Waals surface area contributed by atoms with Crippen LogP contribution < -0.4 is 5.50 Å². The average Bonchev–Trinajstić information content (AvgIpc) is 1.93. The Morgan fingerprint density at radius 1 is 1.33 bits per heavy atom. The monoisotopic (exact) mass is 187 g/mol. The molecule has 0 aromatic carbocycles. The van der Waals surface area contributed by atoms with E-state index in [0.717, 1.165) is 32.1 Å². The molecule has 2 atom stereocenters. The standard InChI is InChI=1S/C8H14NO2P/c9-12(10)11-8-6-4-2-1-3-5-7-8/h8,10H,2,4-7,9H2. The zero-order valence-corrected chi connectivity index (χ0v) is 7.89. The Labute approximate surface area is 74.3 Å². The Bertz CT molecular complexity index is 185. The second kappa shape index (κ2) is 5.50. The molecule has 0 saturated heterocycles. The van der Waals surface area contributed by atoms with E-state index in [1.165, 1.54) is 0 Å². The molecule has 0 radical (unpaired) electrons. The summed E-state index contributed by atoms with van der Waals surface area (Å²) in [6.45, 7) is 0.